The zero-order valence-electron chi connectivity index (χ0n) is 9.48. The molecule has 0 aromatic carbocycles. The second-order valence-corrected chi connectivity index (χ2v) is 4.68. The molecule has 0 atom stereocenters. The van der Waals surface area contributed by atoms with E-state index in [0.29, 0.717) is 24.6 Å². The summed E-state index contributed by atoms with van der Waals surface area (Å²) in [5, 5.41) is 12.6. The van der Waals surface area contributed by atoms with Crippen molar-refractivity contribution >= 4 is 0 Å². The van der Waals surface area contributed by atoms with Crippen LogP contribution in [0.1, 0.15) is 43.8 Å². The molecular weight excluding hydrogens is 206 g/mol. The molecule has 0 saturated heterocycles. The van der Waals surface area contributed by atoms with Gasteiger partial charge >= 0.3 is 0 Å². The van der Waals surface area contributed by atoms with Crippen LogP contribution in [-0.2, 0) is 12.8 Å². The van der Waals surface area contributed by atoms with Crippen molar-refractivity contribution in [2.75, 3.05) is 6.61 Å². The summed E-state index contributed by atoms with van der Waals surface area (Å²) in [5.41, 5.74) is 6.13. The fourth-order valence-corrected chi connectivity index (χ4v) is 2.30. The molecule has 0 spiro atoms. The Kier molecular flexibility index (Phi) is 3.56. The molecule has 90 valence electrons. The zero-order valence-corrected chi connectivity index (χ0v) is 9.48. The lowest BCUT2D eigenvalue weighted by Crippen LogP contribution is -2.43. The molecule has 1 aliphatic carbocycles. The fraction of sp³-hybridized carbons (Fsp3) is 0.818. The highest BCUT2D eigenvalue weighted by atomic mass is 16.5. The zero-order chi connectivity index (χ0) is 11.4. The number of nitrogens with two attached hydrogens (primary N) is 1. The van der Waals surface area contributed by atoms with Gasteiger partial charge in [0.1, 0.15) is 0 Å². The van der Waals surface area contributed by atoms with Gasteiger partial charge < -0.3 is 15.4 Å². The number of aromatic nitrogens is 2. The smallest absolute Gasteiger partial charge is 0.228 e. The summed E-state index contributed by atoms with van der Waals surface area (Å²) in [5.74, 6) is 1.17. The molecule has 0 unspecified atom stereocenters. The Hall–Kier alpha value is -0.940. The van der Waals surface area contributed by atoms with E-state index in [4.69, 9.17) is 15.4 Å². The van der Waals surface area contributed by atoms with Crippen LogP contribution in [0.4, 0.5) is 0 Å². The van der Waals surface area contributed by atoms with E-state index in [2.05, 4.69) is 10.1 Å². The number of rotatable bonds is 4. The van der Waals surface area contributed by atoms with Gasteiger partial charge in [-0.1, -0.05) is 24.4 Å². The Morgan fingerprint density at radius 2 is 2.06 bits per heavy atom. The quantitative estimate of drug-likeness (QED) is 0.792. The molecule has 5 heteroatoms. The van der Waals surface area contributed by atoms with E-state index in [1.54, 1.807) is 0 Å². The van der Waals surface area contributed by atoms with Gasteiger partial charge in [-0.3, -0.25) is 0 Å². The summed E-state index contributed by atoms with van der Waals surface area (Å²) < 4.78 is 5.13. The largest absolute Gasteiger partial charge is 0.396 e. The van der Waals surface area contributed by atoms with Crippen LogP contribution in [0.2, 0.25) is 0 Å². The van der Waals surface area contributed by atoms with Crippen LogP contribution < -0.4 is 5.73 Å². The van der Waals surface area contributed by atoms with Crippen LogP contribution in [0.15, 0.2) is 4.52 Å². The molecular formula is C11H19N3O2. The van der Waals surface area contributed by atoms with Crippen LogP contribution in [0, 0.1) is 0 Å². The molecule has 16 heavy (non-hydrogen) atoms. The van der Waals surface area contributed by atoms with Crippen LogP contribution >= 0.6 is 0 Å². The minimum Gasteiger partial charge on any atom is -0.396 e. The van der Waals surface area contributed by atoms with Crippen LogP contribution in [0.5, 0.6) is 0 Å². The Morgan fingerprint density at radius 3 is 2.75 bits per heavy atom. The third-order valence-electron chi connectivity index (χ3n) is 3.20. The van der Waals surface area contributed by atoms with E-state index in [1.807, 2.05) is 0 Å². The van der Waals surface area contributed by atoms with E-state index < -0.39 is 0 Å². The highest BCUT2D eigenvalue weighted by Crippen LogP contribution is 2.28. The Labute approximate surface area is 95.0 Å². The SMILES string of the molecule is NC1(Cc2nc(CCO)no2)CCCCC1. The lowest BCUT2D eigenvalue weighted by Gasteiger charge is -2.31. The standard InChI is InChI=1S/C11H19N3O2/c12-11(5-2-1-3-6-11)8-10-13-9(4-7-15)14-16-10/h15H,1-8,12H2. The average Bonchev–Trinajstić information content (AvgIpc) is 2.66. The molecule has 5 nitrogen and oxygen atoms in total. The molecule has 1 aromatic heterocycles. The van der Waals surface area contributed by atoms with Crippen molar-refractivity contribution in [2.45, 2.75) is 50.5 Å². The van der Waals surface area contributed by atoms with Crippen LogP contribution in [-0.4, -0.2) is 27.4 Å². The third kappa shape index (κ3) is 2.80. The number of aliphatic hydroxyl groups excluding tert-OH is 1. The number of hydrogen-bond acceptors (Lipinski definition) is 5. The molecule has 0 amide bonds. The second kappa shape index (κ2) is 4.93. The molecule has 1 saturated carbocycles. The van der Waals surface area contributed by atoms with Gasteiger partial charge in [-0.25, -0.2) is 0 Å². The van der Waals surface area contributed by atoms with Crippen LogP contribution in [0.25, 0.3) is 0 Å². The van der Waals surface area contributed by atoms with Crippen molar-refractivity contribution < 1.29 is 9.63 Å². The first-order chi connectivity index (χ1) is 7.72. The lowest BCUT2D eigenvalue weighted by atomic mass is 9.80. The fourth-order valence-electron chi connectivity index (χ4n) is 2.30. The summed E-state index contributed by atoms with van der Waals surface area (Å²) in [6, 6.07) is 0. The molecule has 1 aliphatic rings. The molecule has 1 fully saturated rings. The van der Waals surface area contributed by atoms with Crippen molar-refractivity contribution in [1.82, 2.24) is 10.1 Å². The first-order valence-corrected chi connectivity index (χ1v) is 5.93. The Bertz CT molecular complexity index is 332. The summed E-state index contributed by atoms with van der Waals surface area (Å²) >= 11 is 0. The summed E-state index contributed by atoms with van der Waals surface area (Å²) in [4.78, 5) is 4.22. The van der Waals surface area contributed by atoms with Crippen molar-refractivity contribution in [3.63, 3.8) is 0 Å². The molecule has 0 aliphatic heterocycles. The molecule has 0 bridgehead atoms. The average molecular weight is 225 g/mol. The van der Waals surface area contributed by atoms with Gasteiger partial charge in [-0.05, 0) is 12.8 Å². The van der Waals surface area contributed by atoms with Crippen molar-refractivity contribution in [2.24, 2.45) is 5.73 Å². The van der Waals surface area contributed by atoms with Crippen molar-refractivity contribution in [3.8, 4) is 0 Å². The van der Waals surface area contributed by atoms with E-state index in [-0.39, 0.29) is 12.1 Å². The minimum absolute atomic E-state index is 0.0484. The maximum atomic E-state index is 8.75. The summed E-state index contributed by atoms with van der Waals surface area (Å²) in [7, 11) is 0. The van der Waals surface area contributed by atoms with E-state index in [0.717, 1.165) is 12.8 Å². The number of aliphatic hydroxyl groups is 1. The van der Waals surface area contributed by atoms with E-state index in [1.165, 1.54) is 19.3 Å². The maximum absolute atomic E-state index is 8.75. The third-order valence-corrected chi connectivity index (χ3v) is 3.20. The monoisotopic (exact) mass is 225 g/mol. The van der Waals surface area contributed by atoms with Gasteiger partial charge in [0.2, 0.25) is 5.89 Å². The van der Waals surface area contributed by atoms with Gasteiger partial charge in [0.05, 0.1) is 6.61 Å². The summed E-state index contributed by atoms with van der Waals surface area (Å²) in [6.07, 6.45) is 6.82. The Morgan fingerprint density at radius 1 is 1.31 bits per heavy atom. The second-order valence-electron chi connectivity index (χ2n) is 4.68. The van der Waals surface area contributed by atoms with Gasteiger partial charge in [-0.2, -0.15) is 4.98 Å². The van der Waals surface area contributed by atoms with Gasteiger partial charge in [0.25, 0.3) is 0 Å². The topological polar surface area (TPSA) is 85.2 Å². The molecule has 3 N–H and O–H groups in total. The maximum Gasteiger partial charge on any atom is 0.228 e. The highest BCUT2D eigenvalue weighted by Gasteiger charge is 2.29. The van der Waals surface area contributed by atoms with E-state index >= 15 is 0 Å². The molecule has 1 aromatic rings. The normalized spacial score (nSPS) is 19.9. The van der Waals surface area contributed by atoms with Crippen molar-refractivity contribution in [1.29, 1.82) is 0 Å². The lowest BCUT2D eigenvalue weighted by molar-refractivity contribution is 0.259. The number of nitrogens with zero attached hydrogens (tertiary/aromatic N) is 2. The van der Waals surface area contributed by atoms with Gasteiger partial charge in [0, 0.05) is 18.4 Å². The van der Waals surface area contributed by atoms with E-state index in [9.17, 15) is 0 Å². The highest BCUT2D eigenvalue weighted by molar-refractivity contribution is 4.97. The minimum atomic E-state index is -0.165. The predicted molar refractivity (Wildman–Crippen MR) is 58.8 cm³/mol. The first-order valence-electron chi connectivity index (χ1n) is 5.93. The first kappa shape index (κ1) is 11.5. The number of hydrogen-bond donors (Lipinski definition) is 2. The van der Waals surface area contributed by atoms with Gasteiger partial charge in [-0.15, -0.1) is 0 Å². The Balaban J connectivity index is 1.96. The predicted octanol–water partition coefficient (Wildman–Crippen LogP) is 0.808. The molecule has 0 radical (unpaired) electrons. The molecule has 1 heterocycles. The van der Waals surface area contributed by atoms with Gasteiger partial charge in [0.15, 0.2) is 5.82 Å². The van der Waals surface area contributed by atoms with Crippen LogP contribution in [0.3, 0.4) is 0 Å². The summed E-state index contributed by atoms with van der Waals surface area (Å²) in [6.45, 7) is 0.0484. The van der Waals surface area contributed by atoms with Crippen molar-refractivity contribution in [3.05, 3.63) is 11.7 Å². The molecule has 2 rings (SSSR count).